The number of aromatic nitrogens is 2. The number of hydrogen-bond acceptors (Lipinski definition) is 8. The van der Waals surface area contributed by atoms with Gasteiger partial charge in [0.05, 0.1) is 11.7 Å². The van der Waals surface area contributed by atoms with Gasteiger partial charge >= 0.3 is 0 Å². The monoisotopic (exact) mass is 459 g/mol. The van der Waals surface area contributed by atoms with E-state index in [1.54, 1.807) is 12.1 Å². The van der Waals surface area contributed by atoms with Crippen LogP contribution in [-0.4, -0.2) is 52.1 Å². The molecule has 0 saturated carbocycles. The van der Waals surface area contributed by atoms with Gasteiger partial charge in [0.2, 0.25) is 5.82 Å². The number of nitriles is 1. The van der Waals surface area contributed by atoms with Crippen molar-refractivity contribution in [2.75, 3.05) is 19.6 Å². The molecule has 8 nitrogen and oxygen atoms in total. The number of rotatable bonds is 8. The minimum Gasteiger partial charge on any atom is -0.490 e. The van der Waals surface area contributed by atoms with E-state index in [4.69, 9.17) is 9.26 Å². The molecule has 1 fully saturated rings. The molecule has 1 aliphatic heterocycles. The molecule has 0 bridgehead atoms. The molecule has 34 heavy (non-hydrogen) atoms. The van der Waals surface area contributed by atoms with Crippen LogP contribution in [0.3, 0.4) is 0 Å². The molecule has 2 aliphatic rings. The number of aliphatic hydroxyl groups excluding tert-OH is 1. The smallest absolute Gasteiger partial charge is 0.258 e. The second-order valence-corrected chi connectivity index (χ2v) is 9.16. The molecule has 2 aromatic carbocycles. The number of fused-ring (bicyclic) bond motifs is 1. The molecule has 176 valence electrons. The maximum absolute atomic E-state index is 10.3. The first-order valence-electron chi connectivity index (χ1n) is 11.9. The number of hydrogen-bond donors (Lipinski definition) is 2. The van der Waals surface area contributed by atoms with Crippen molar-refractivity contribution in [3.8, 4) is 34.7 Å². The number of nitrogens with zero attached hydrogens (tertiary/aromatic N) is 4. The van der Waals surface area contributed by atoms with Crippen molar-refractivity contribution >= 4 is 0 Å². The summed E-state index contributed by atoms with van der Waals surface area (Å²) in [6.07, 6.45) is 2.58. The van der Waals surface area contributed by atoms with Gasteiger partial charge in [0.25, 0.3) is 5.89 Å². The molecular formula is C26H29N5O3. The lowest BCUT2D eigenvalue weighted by Gasteiger charge is -2.35. The largest absolute Gasteiger partial charge is 0.490 e. The van der Waals surface area contributed by atoms with Crippen LogP contribution >= 0.6 is 0 Å². The highest BCUT2D eigenvalue weighted by atomic mass is 16.5. The van der Waals surface area contributed by atoms with Crippen LogP contribution in [0.15, 0.2) is 40.9 Å². The van der Waals surface area contributed by atoms with Crippen LogP contribution in [-0.2, 0) is 6.42 Å². The lowest BCUT2D eigenvalue weighted by molar-refractivity contribution is -0.0338. The molecule has 8 heteroatoms. The van der Waals surface area contributed by atoms with E-state index in [9.17, 15) is 10.4 Å². The Morgan fingerprint density at radius 2 is 2.15 bits per heavy atom. The summed E-state index contributed by atoms with van der Waals surface area (Å²) < 4.78 is 11.3. The molecule has 1 unspecified atom stereocenters. The predicted octanol–water partition coefficient (Wildman–Crippen LogP) is 3.66. The van der Waals surface area contributed by atoms with Crippen molar-refractivity contribution in [1.82, 2.24) is 20.4 Å². The highest BCUT2D eigenvalue weighted by molar-refractivity contribution is 5.67. The summed E-state index contributed by atoms with van der Waals surface area (Å²) in [7, 11) is 0. The molecule has 2 N–H and O–H groups in total. The SMILES string of the molecule is CC(C)Oc1ccc(-c2nc(-c3cccc4c3CC[C@H]4NCC(O)N3CCC3)no2)cc1C#N. The van der Waals surface area contributed by atoms with Gasteiger partial charge in [-0.15, -0.1) is 0 Å². The fourth-order valence-corrected chi connectivity index (χ4v) is 4.65. The maximum Gasteiger partial charge on any atom is 0.258 e. The van der Waals surface area contributed by atoms with Gasteiger partial charge in [-0.05, 0) is 62.4 Å². The van der Waals surface area contributed by atoms with E-state index in [-0.39, 0.29) is 12.1 Å². The van der Waals surface area contributed by atoms with Crippen LogP contribution in [0, 0.1) is 11.3 Å². The first kappa shape index (κ1) is 22.5. The number of aliphatic hydroxyl groups is 1. The Morgan fingerprint density at radius 1 is 1.29 bits per heavy atom. The van der Waals surface area contributed by atoms with Gasteiger partial charge in [-0.2, -0.15) is 10.2 Å². The van der Waals surface area contributed by atoms with E-state index in [0.29, 0.717) is 35.1 Å². The van der Waals surface area contributed by atoms with Crippen molar-refractivity contribution in [2.24, 2.45) is 0 Å². The zero-order valence-electron chi connectivity index (χ0n) is 19.5. The summed E-state index contributed by atoms with van der Waals surface area (Å²) in [5.41, 5.74) is 4.51. The van der Waals surface area contributed by atoms with Crippen LogP contribution in [0.4, 0.5) is 0 Å². The lowest BCUT2D eigenvalue weighted by atomic mass is 10.0. The summed E-state index contributed by atoms with van der Waals surface area (Å²) in [6.45, 7) is 6.34. The number of ether oxygens (including phenoxy) is 1. The summed E-state index contributed by atoms with van der Waals surface area (Å²) in [6, 6.07) is 13.9. The molecule has 5 rings (SSSR count). The molecular weight excluding hydrogens is 430 g/mol. The van der Waals surface area contributed by atoms with Gasteiger partial charge < -0.3 is 19.7 Å². The van der Waals surface area contributed by atoms with Crippen molar-refractivity contribution in [1.29, 1.82) is 5.26 Å². The molecule has 0 radical (unpaired) electrons. The van der Waals surface area contributed by atoms with Crippen molar-refractivity contribution in [3.05, 3.63) is 53.1 Å². The fourth-order valence-electron chi connectivity index (χ4n) is 4.65. The molecule has 1 saturated heterocycles. The van der Waals surface area contributed by atoms with Crippen LogP contribution in [0.5, 0.6) is 5.75 Å². The van der Waals surface area contributed by atoms with Crippen LogP contribution in [0.1, 0.15) is 49.4 Å². The minimum absolute atomic E-state index is 0.0228. The summed E-state index contributed by atoms with van der Waals surface area (Å²) >= 11 is 0. The van der Waals surface area contributed by atoms with Crippen LogP contribution in [0.25, 0.3) is 22.8 Å². The topological polar surface area (TPSA) is 107 Å². The van der Waals surface area contributed by atoms with Gasteiger partial charge in [-0.25, -0.2) is 0 Å². The number of nitrogens with one attached hydrogen (secondary N) is 1. The Hall–Kier alpha value is -3.25. The number of likely N-dealkylation sites (tertiary alicyclic amines) is 1. The van der Waals surface area contributed by atoms with Gasteiger partial charge in [0, 0.05) is 36.8 Å². The fraction of sp³-hybridized carbons (Fsp3) is 0.423. The Balaban J connectivity index is 1.35. The molecule has 3 aromatic rings. The molecule has 2 heterocycles. The third kappa shape index (κ3) is 4.42. The van der Waals surface area contributed by atoms with Gasteiger partial charge in [0.15, 0.2) is 0 Å². The number of benzene rings is 2. The molecule has 1 aromatic heterocycles. The van der Waals surface area contributed by atoms with Crippen LogP contribution in [0.2, 0.25) is 0 Å². The minimum atomic E-state index is -0.434. The molecule has 0 spiro atoms. The van der Waals surface area contributed by atoms with Crippen LogP contribution < -0.4 is 10.1 Å². The highest BCUT2D eigenvalue weighted by Gasteiger charge is 2.28. The standard InChI is InChI=1S/C26H29N5O3/c1-16(2)33-23-10-7-17(13-18(23)14-27)26-29-25(30-34-26)21-6-3-5-20-19(21)8-9-22(20)28-15-24(32)31-11-4-12-31/h3,5-7,10,13,16,22,24,28,32H,4,8-9,11-12,15H2,1-2H3/t22-,24?/m1/s1. The Bertz CT molecular complexity index is 1210. The van der Waals surface area contributed by atoms with E-state index >= 15 is 0 Å². The van der Waals surface area contributed by atoms with Gasteiger partial charge in [-0.3, -0.25) is 4.90 Å². The molecule has 2 atom stereocenters. The maximum atomic E-state index is 10.3. The highest BCUT2D eigenvalue weighted by Crippen LogP contribution is 2.37. The normalized spacial score (nSPS) is 18.4. The van der Waals surface area contributed by atoms with E-state index in [1.807, 2.05) is 32.0 Å². The zero-order valence-corrected chi connectivity index (χ0v) is 19.5. The van der Waals surface area contributed by atoms with Gasteiger partial charge in [0.1, 0.15) is 18.0 Å². The van der Waals surface area contributed by atoms with E-state index in [0.717, 1.165) is 37.9 Å². The second-order valence-electron chi connectivity index (χ2n) is 9.16. The first-order valence-corrected chi connectivity index (χ1v) is 11.9. The Kier molecular flexibility index (Phi) is 6.33. The predicted molar refractivity (Wildman–Crippen MR) is 127 cm³/mol. The van der Waals surface area contributed by atoms with Gasteiger partial charge in [-0.1, -0.05) is 23.4 Å². The summed E-state index contributed by atoms with van der Waals surface area (Å²) in [5, 5.41) is 27.6. The summed E-state index contributed by atoms with van der Waals surface area (Å²) in [4.78, 5) is 6.72. The Morgan fingerprint density at radius 3 is 2.88 bits per heavy atom. The summed E-state index contributed by atoms with van der Waals surface area (Å²) in [5.74, 6) is 1.44. The molecule has 0 amide bonds. The quantitative estimate of drug-likeness (QED) is 0.526. The van der Waals surface area contributed by atoms with Crippen molar-refractivity contribution < 1.29 is 14.4 Å². The average Bonchev–Trinajstić information content (AvgIpc) is 3.44. The Labute approximate surface area is 199 Å². The molecule has 1 aliphatic carbocycles. The van der Waals surface area contributed by atoms with Crippen molar-refractivity contribution in [3.63, 3.8) is 0 Å². The first-order chi connectivity index (χ1) is 16.5. The second kappa shape index (κ2) is 9.55. The average molecular weight is 460 g/mol. The zero-order chi connectivity index (χ0) is 23.7. The third-order valence-electron chi connectivity index (χ3n) is 6.51. The van der Waals surface area contributed by atoms with E-state index in [1.165, 1.54) is 11.1 Å². The lowest BCUT2D eigenvalue weighted by Crippen LogP contribution is -2.49. The van der Waals surface area contributed by atoms with Crippen molar-refractivity contribution in [2.45, 2.75) is 51.5 Å². The third-order valence-corrected chi connectivity index (χ3v) is 6.51. The van der Waals surface area contributed by atoms with E-state index < -0.39 is 6.23 Å². The van der Waals surface area contributed by atoms with E-state index in [2.05, 4.69) is 32.5 Å².